The molecule has 0 N–H and O–H groups in total. The maximum atomic E-state index is 13.7. The van der Waals surface area contributed by atoms with Gasteiger partial charge in [-0.3, -0.25) is 9.69 Å². The van der Waals surface area contributed by atoms with Gasteiger partial charge in [-0.2, -0.15) is 4.31 Å². The molecular weight excluding hydrogens is 489 g/mol. The second kappa shape index (κ2) is 10.7. The van der Waals surface area contributed by atoms with Crippen LogP contribution in [0.5, 0.6) is 0 Å². The molecule has 4 rings (SSSR count). The zero-order chi connectivity index (χ0) is 25.0. The van der Waals surface area contributed by atoms with Crippen molar-refractivity contribution in [2.45, 2.75) is 38.1 Å². The molecule has 184 valence electrons. The van der Waals surface area contributed by atoms with Crippen LogP contribution in [0.15, 0.2) is 70.2 Å². The first kappa shape index (κ1) is 25.0. The number of amides is 1. The third kappa shape index (κ3) is 5.44. The van der Waals surface area contributed by atoms with Crippen LogP contribution in [-0.2, 0) is 16.6 Å². The number of carbonyl (C=O) groups excluding carboxylic acids is 1. The van der Waals surface area contributed by atoms with E-state index in [1.165, 1.54) is 63.2 Å². The number of furan rings is 1. The van der Waals surface area contributed by atoms with Crippen LogP contribution in [0.2, 0.25) is 0 Å². The van der Waals surface area contributed by atoms with Crippen LogP contribution in [0, 0.1) is 5.82 Å². The normalized spacial score (nSPS) is 11.9. The monoisotopic (exact) mass is 515 g/mol. The van der Waals surface area contributed by atoms with E-state index in [0.717, 1.165) is 12.8 Å². The number of benzene rings is 2. The fourth-order valence-corrected chi connectivity index (χ4v) is 6.12. The molecule has 0 saturated heterocycles. The molecule has 0 aliphatic heterocycles. The fraction of sp³-hybridized carbons (Fsp3) is 0.280. The van der Waals surface area contributed by atoms with E-state index in [1.54, 1.807) is 18.2 Å². The molecule has 0 spiro atoms. The van der Waals surface area contributed by atoms with Crippen molar-refractivity contribution in [1.82, 2.24) is 9.29 Å². The Bertz CT molecular complexity index is 1400. The molecule has 0 bridgehead atoms. The zero-order valence-electron chi connectivity index (χ0n) is 19.5. The highest BCUT2D eigenvalue weighted by molar-refractivity contribution is 7.89. The predicted octanol–water partition coefficient (Wildman–Crippen LogP) is 5.69. The molecule has 0 saturated carbocycles. The Morgan fingerprint density at radius 2 is 1.89 bits per heavy atom. The number of carbonyl (C=O) groups is 1. The van der Waals surface area contributed by atoms with Gasteiger partial charge in [-0.1, -0.05) is 31.6 Å². The van der Waals surface area contributed by atoms with Gasteiger partial charge < -0.3 is 4.42 Å². The first-order chi connectivity index (χ1) is 16.8. The lowest BCUT2D eigenvalue weighted by Gasteiger charge is -2.21. The zero-order valence-corrected chi connectivity index (χ0v) is 21.1. The highest BCUT2D eigenvalue weighted by Gasteiger charge is 2.26. The van der Waals surface area contributed by atoms with Gasteiger partial charge in [0.2, 0.25) is 10.0 Å². The number of hydrogen-bond acceptors (Lipinski definition) is 6. The van der Waals surface area contributed by atoms with Crippen molar-refractivity contribution >= 4 is 42.6 Å². The molecule has 0 fully saturated rings. The van der Waals surface area contributed by atoms with Crippen LogP contribution in [-0.4, -0.2) is 36.7 Å². The Morgan fingerprint density at radius 1 is 1.11 bits per heavy atom. The van der Waals surface area contributed by atoms with Crippen LogP contribution in [0.1, 0.15) is 42.8 Å². The number of nitrogens with zero attached hydrogens (tertiary/aromatic N) is 3. The Morgan fingerprint density at radius 3 is 2.54 bits per heavy atom. The maximum Gasteiger partial charge on any atom is 0.260 e. The molecule has 0 atom stereocenters. The lowest BCUT2D eigenvalue weighted by atomic mass is 10.2. The SMILES string of the molecule is CCCCN(CC)S(=O)(=O)c1ccc(C(=O)N(Cc2ccco2)c2nc3ccc(F)cc3s2)cc1. The molecule has 0 aliphatic carbocycles. The van der Waals surface area contributed by atoms with Gasteiger partial charge in [-0.15, -0.1) is 0 Å². The summed E-state index contributed by atoms with van der Waals surface area (Å²) in [5.74, 6) is -0.200. The molecular formula is C25H26FN3O4S2. The van der Waals surface area contributed by atoms with E-state index in [-0.39, 0.29) is 23.2 Å². The van der Waals surface area contributed by atoms with Gasteiger partial charge >= 0.3 is 0 Å². The minimum atomic E-state index is -3.65. The topological polar surface area (TPSA) is 83.7 Å². The molecule has 4 aromatic rings. The smallest absolute Gasteiger partial charge is 0.260 e. The van der Waals surface area contributed by atoms with Crippen LogP contribution in [0.4, 0.5) is 9.52 Å². The van der Waals surface area contributed by atoms with Crippen molar-refractivity contribution in [1.29, 1.82) is 0 Å². The van der Waals surface area contributed by atoms with Crippen molar-refractivity contribution in [3.8, 4) is 0 Å². The van der Waals surface area contributed by atoms with E-state index >= 15 is 0 Å². The molecule has 0 radical (unpaired) electrons. The van der Waals surface area contributed by atoms with E-state index in [0.29, 0.717) is 39.8 Å². The third-order valence-corrected chi connectivity index (χ3v) is 8.59. The number of thiazole rings is 1. The second-order valence-electron chi connectivity index (χ2n) is 7.95. The summed E-state index contributed by atoms with van der Waals surface area (Å²) in [5, 5.41) is 0.389. The van der Waals surface area contributed by atoms with E-state index in [4.69, 9.17) is 4.42 Å². The van der Waals surface area contributed by atoms with Gasteiger partial charge in [0.05, 0.1) is 27.9 Å². The molecule has 10 heteroatoms. The molecule has 1 amide bonds. The quantitative estimate of drug-likeness (QED) is 0.271. The highest BCUT2D eigenvalue weighted by atomic mass is 32.2. The average molecular weight is 516 g/mol. The largest absolute Gasteiger partial charge is 0.467 e. The first-order valence-electron chi connectivity index (χ1n) is 11.3. The maximum absolute atomic E-state index is 13.7. The van der Waals surface area contributed by atoms with Gasteiger partial charge in [0.1, 0.15) is 11.6 Å². The van der Waals surface area contributed by atoms with Crippen molar-refractivity contribution in [3.63, 3.8) is 0 Å². The Kier molecular flexibility index (Phi) is 7.63. The number of anilines is 1. The number of rotatable bonds is 10. The summed E-state index contributed by atoms with van der Waals surface area (Å²) >= 11 is 1.20. The number of unbranched alkanes of at least 4 members (excludes halogenated alkanes) is 1. The van der Waals surface area contributed by atoms with Crippen LogP contribution < -0.4 is 4.90 Å². The summed E-state index contributed by atoms with van der Waals surface area (Å²) in [6.45, 7) is 4.76. The summed E-state index contributed by atoms with van der Waals surface area (Å²) < 4.78 is 47.2. The minimum Gasteiger partial charge on any atom is -0.467 e. The van der Waals surface area contributed by atoms with E-state index in [1.807, 2.05) is 13.8 Å². The molecule has 7 nitrogen and oxygen atoms in total. The summed E-state index contributed by atoms with van der Waals surface area (Å²) in [4.78, 5) is 19.6. The number of hydrogen-bond donors (Lipinski definition) is 0. The van der Waals surface area contributed by atoms with Crippen molar-refractivity contribution in [2.24, 2.45) is 0 Å². The van der Waals surface area contributed by atoms with E-state index in [2.05, 4.69) is 4.98 Å². The van der Waals surface area contributed by atoms with Crippen LogP contribution in [0.3, 0.4) is 0 Å². The van der Waals surface area contributed by atoms with E-state index in [9.17, 15) is 17.6 Å². The Hall–Kier alpha value is -3.08. The highest BCUT2D eigenvalue weighted by Crippen LogP contribution is 2.31. The Balaban J connectivity index is 1.65. The van der Waals surface area contributed by atoms with Gasteiger partial charge in [-0.25, -0.2) is 17.8 Å². The minimum absolute atomic E-state index is 0.120. The first-order valence-corrected chi connectivity index (χ1v) is 13.6. The number of sulfonamides is 1. The van der Waals surface area contributed by atoms with Crippen molar-refractivity contribution < 1.29 is 22.0 Å². The molecule has 35 heavy (non-hydrogen) atoms. The van der Waals surface area contributed by atoms with Crippen LogP contribution >= 0.6 is 11.3 Å². The third-order valence-electron chi connectivity index (χ3n) is 5.56. The molecule has 0 aliphatic rings. The number of halogens is 1. The summed E-state index contributed by atoms with van der Waals surface area (Å²) in [6, 6.07) is 13.7. The van der Waals surface area contributed by atoms with Gasteiger partial charge in [0.25, 0.3) is 5.91 Å². The lowest BCUT2D eigenvalue weighted by Crippen LogP contribution is -2.32. The summed E-state index contributed by atoms with van der Waals surface area (Å²) in [6.07, 6.45) is 3.18. The average Bonchev–Trinajstić information content (AvgIpc) is 3.52. The van der Waals surface area contributed by atoms with Crippen molar-refractivity contribution in [2.75, 3.05) is 18.0 Å². The number of fused-ring (bicyclic) bond motifs is 1. The summed E-state index contributed by atoms with van der Waals surface area (Å²) in [7, 11) is -3.65. The van der Waals surface area contributed by atoms with Gasteiger partial charge in [-0.05, 0) is 61.0 Å². The van der Waals surface area contributed by atoms with Gasteiger partial charge in [0, 0.05) is 18.7 Å². The Labute approximate surface area is 207 Å². The van der Waals surface area contributed by atoms with Crippen molar-refractivity contribution in [3.05, 3.63) is 78.0 Å². The molecule has 2 aromatic carbocycles. The predicted molar refractivity (Wildman–Crippen MR) is 135 cm³/mol. The van der Waals surface area contributed by atoms with Gasteiger partial charge in [0.15, 0.2) is 5.13 Å². The second-order valence-corrected chi connectivity index (χ2v) is 10.9. The fourth-order valence-electron chi connectivity index (χ4n) is 3.64. The number of aromatic nitrogens is 1. The van der Waals surface area contributed by atoms with E-state index < -0.39 is 10.0 Å². The lowest BCUT2D eigenvalue weighted by molar-refractivity contribution is 0.0983. The molecule has 0 unspecified atom stereocenters. The molecule has 2 aromatic heterocycles. The standard InChI is InChI=1S/C25H26FN3O4S2/c1-3-5-14-28(4-2)35(31,32)21-11-8-18(9-12-21)24(30)29(17-20-7-6-15-33-20)25-27-22-13-10-19(26)16-23(22)34-25/h6-13,15-16H,3-5,14,17H2,1-2H3. The van der Waals surface area contributed by atoms with Crippen LogP contribution in [0.25, 0.3) is 10.2 Å². The molecule has 2 heterocycles. The summed E-state index contributed by atoms with van der Waals surface area (Å²) in [5.41, 5.74) is 0.884.